The number of hydrogen-bond acceptors (Lipinski definition) is 5. The van der Waals surface area contributed by atoms with Gasteiger partial charge in [0.2, 0.25) is 11.8 Å². The summed E-state index contributed by atoms with van der Waals surface area (Å²) in [5.41, 5.74) is 4.20. The molecule has 0 saturated carbocycles. The standard InChI is InChI=1S/C23H22ClN3O4S/c1-14-8-11-22(18-6-3-5-17(14)18)31-23-21(7-4-12-25-23)27-32(29,30)16-9-10-20(19(24)13-16)26-15(2)28/h4,7-13,27H,3,5-6H2,1-2H3,(H,26,28). The Morgan fingerprint density at radius 2 is 1.88 bits per heavy atom. The van der Waals surface area contributed by atoms with E-state index >= 15 is 0 Å². The molecule has 0 aliphatic heterocycles. The van der Waals surface area contributed by atoms with Crippen LogP contribution in [-0.2, 0) is 27.7 Å². The van der Waals surface area contributed by atoms with Crippen LogP contribution in [0.3, 0.4) is 0 Å². The van der Waals surface area contributed by atoms with Crippen molar-refractivity contribution in [1.29, 1.82) is 0 Å². The normalized spacial score (nSPS) is 12.8. The monoisotopic (exact) mass is 471 g/mol. The van der Waals surface area contributed by atoms with Crippen LogP contribution in [0.15, 0.2) is 53.6 Å². The number of pyridine rings is 1. The van der Waals surface area contributed by atoms with Crippen molar-refractivity contribution in [2.75, 3.05) is 10.0 Å². The smallest absolute Gasteiger partial charge is 0.262 e. The van der Waals surface area contributed by atoms with Gasteiger partial charge in [-0.2, -0.15) is 0 Å². The van der Waals surface area contributed by atoms with Crippen LogP contribution in [0.1, 0.15) is 30.0 Å². The first-order chi connectivity index (χ1) is 15.2. The van der Waals surface area contributed by atoms with E-state index in [1.165, 1.54) is 36.2 Å². The predicted octanol–water partition coefficient (Wildman–Crippen LogP) is 5.08. The molecule has 0 unspecified atom stereocenters. The second-order valence-corrected chi connectivity index (χ2v) is 9.67. The fraction of sp³-hybridized carbons (Fsp3) is 0.217. The Kier molecular flexibility index (Phi) is 6.08. The van der Waals surface area contributed by atoms with Gasteiger partial charge >= 0.3 is 0 Å². The number of ether oxygens (including phenoxy) is 1. The number of carbonyl (C=O) groups is 1. The first-order valence-electron chi connectivity index (χ1n) is 10.1. The Morgan fingerprint density at radius 3 is 2.62 bits per heavy atom. The van der Waals surface area contributed by atoms with Crippen molar-refractivity contribution in [3.8, 4) is 11.6 Å². The molecule has 1 aliphatic carbocycles. The highest BCUT2D eigenvalue weighted by molar-refractivity contribution is 7.92. The number of aromatic nitrogens is 1. The number of fused-ring (bicyclic) bond motifs is 1. The number of anilines is 2. The second kappa shape index (κ2) is 8.80. The first kappa shape index (κ1) is 22.1. The van der Waals surface area contributed by atoms with Gasteiger partial charge in [-0.1, -0.05) is 17.7 Å². The van der Waals surface area contributed by atoms with E-state index in [0.717, 1.165) is 24.8 Å². The largest absolute Gasteiger partial charge is 0.437 e. The third-order valence-electron chi connectivity index (χ3n) is 5.26. The van der Waals surface area contributed by atoms with Gasteiger partial charge in [-0.05, 0) is 79.3 Å². The maximum Gasteiger partial charge on any atom is 0.262 e. The van der Waals surface area contributed by atoms with Crippen molar-refractivity contribution in [2.45, 2.75) is 38.0 Å². The quantitative estimate of drug-likeness (QED) is 0.522. The van der Waals surface area contributed by atoms with E-state index in [9.17, 15) is 13.2 Å². The summed E-state index contributed by atoms with van der Waals surface area (Å²) in [6, 6.07) is 11.2. The molecule has 1 aliphatic rings. The van der Waals surface area contributed by atoms with Crippen molar-refractivity contribution in [3.05, 3.63) is 70.4 Å². The van der Waals surface area contributed by atoms with Gasteiger partial charge in [0.15, 0.2) is 0 Å². The van der Waals surface area contributed by atoms with Crippen LogP contribution < -0.4 is 14.8 Å². The lowest BCUT2D eigenvalue weighted by atomic mass is 10.0. The molecule has 7 nitrogen and oxygen atoms in total. The number of halogens is 1. The number of aryl methyl sites for hydroxylation is 1. The molecular formula is C23H22ClN3O4S. The van der Waals surface area contributed by atoms with E-state index < -0.39 is 10.0 Å². The number of amides is 1. The van der Waals surface area contributed by atoms with Gasteiger partial charge < -0.3 is 10.1 Å². The number of nitrogens with zero attached hydrogens (tertiary/aromatic N) is 1. The number of carbonyl (C=O) groups excluding carboxylic acids is 1. The molecule has 0 saturated heterocycles. The van der Waals surface area contributed by atoms with E-state index in [1.807, 2.05) is 12.1 Å². The molecule has 1 amide bonds. The predicted molar refractivity (Wildman–Crippen MR) is 124 cm³/mol. The highest BCUT2D eigenvalue weighted by Crippen LogP contribution is 2.37. The average molecular weight is 472 g/mol. The van der Waals surface area contributed by atoms with Crippen molar-refractivity contribution in [2.24, 2.45) is 0 Å². The summed E-state index contributed by atoms with van der Waals surface area (Å²) in [5.74, 6) is 0.542. The molecule has 0 fully saturated rings. The number of nitrogens with one attached hydrogen (secondary N) is 2. The third-order valence-corrected chi connectivity index (χ3v) is 6.94. The summed E-state index contributed by atoms with van der Waals surface area (Å²) in [7, 11) is -3.98. The van der Waals surface area contributed by atoms with Gasteiger partial charge in [0.25, 0.3) is 10.0 Å². The second-order valence-electron chi connectivity index (χ2n) is 7.58. The van der Waals surface area contributed by atoms with E-state index in [4.69, 9.17) is 16.3 Å². The van der Waals surface area contributed by atoms with Crippen molar-refractivity contribution in [3.63, 3.8) is 0 Å². The fourth-order valence-electron chi connectivity index (χ4n) is 3.76. The maximum absolute atomic E-state index is 13.0. The lowest BCUT2D eigenvalue weighted by Gasteiger charge is -2.15. The van der Waals surface area contributed by atoms with Crippen molar-refractivity contribution >= 4 is 38.9 Å². The summed E-state index contributed by atoms with van der Waals surface area (Å²) >= 11 is 6.14. The molecule has 4 rings (SSSR count). The number of benzene rings is 2. The van der Waals surface area contributed by atoms with Crippen molar-refractivity contribution in [1.82, 2.24) is 4.98 Å². The molecule has 32 heavy (non-hydrogen) atoms. The SMILES string of the molecule is CC(=O)Nc1ccc(S(=O)(=O)Nc2cccnc2Oc2ccc(C)c3c2CCC3)cc1Cl. The Hall–Kier alpha value is -3.10. The van der Waals surface area contributed by atoms with Crippen LogP contribution >= 0.6 is 11.6 Å². The van der Waals surface area contributed by atoms with E-state index in [2.05, 4.69) is 21.9 Å². The molecule has 3 aromatic rings. The topological polar surface area (TPSA) is 97.4 Å². The van der Waals surface area contributed by atoms with Crippen LogP contribution in [0.4, 0.5) is 11.4 Å². The molecule has 2 N–H and O–H groups in total. The zero-order chi connectivity index (χ0) is 22.9. The minimum atomic E-state index is -3.98. The first-order valence-corrected chi connectivity index (χ1v) is 11.9. The number of rotatable bonds is 6. The molecule has 0 bridgehead atoms. The lowest BCUT2D eigenvalue weighted by molar-refractivity contribution is -0.114. The Morgan fingerprint density at radius 1 is 1.09 bits per heavy atom. The van der Waals surface area contributed by atoms with Crippen LogP contribution in [0.5, 0.6) is 11.6 Å². The molecule has 0 radical (unpaired) electrons. The Labute approximate surface area is 191 Å². The number of sulfonamides is 1. The highest BCUT2D eigenvalue weighted by atomic mass is 35.5. The van der Waals surface area contributed by atoms with Gasteiger partial charge in [0.05, 0.1) is 15.6 Å². The van der Waals surface area contributed by atoms with Gasteiger partial charge in [0.1, 0.15) is 11.4 Å². The minimum absolute atomic E-state index is 0.0531. The summed E-state index contributed by atoms with van der Waals surface area (Å²) in [6.07, 6.45) is 4.53. The molecule has 166 valence electrons. The molecule has 0 atom stereocenters. The lowest BCUT2D eigenvalue weighted by Crippen LogP contribution is -2.14. The fourth-order valence-corrected chi connectivity index (χ4v) is 5.14. The zero-order valence-corrected chi connectivity index (χ0v) is 19.2. The zero-order valence-electron chi connectivity index (χ0n) is 17.6. The van der Waals surface area contributed by atoms with Crippen LogP contribution in [-0.4, -0.2) is 19.3 Å². The molecule has 0 spiro atoms. The van der Waals surface area contributed by atoms with Crippen LogP contribution in [0.25, 0.3) is 0 Å². The maximum atomic E-state index is 13.0. The molecule has 1 heterocycles. The average Bonchev–Trinajstić information content (AvgIpc) is 3.23. The van der Waals surface area contributed by atoms with Gasteiger partial charge in [-0.15, -0.1) is 0 Å². The summed E-state index contributed by atoms with van der Waals surface area (Å²) < 4.78 is 34.6. The summed E-state index contributed by atoms with van der Waals surface area (Å²) in [5, 5.41) is 2.66. The third kappa shape index (κ3) is 4.56. The minimum Gasteiger partial charge on any atom is -0.437 e. The van der Waals surface area contributed by atoms with Crippen LogP contribution in [0.2, 0.25) is 5.02 Å². The molecule has 1 aromatic heterocycles. The Balaban J connectivity index is 1.62. The summed E-state index contributed by atoms with van der Waals surface area (Å²) in [4.78, 5) is 15.4. The highest BCUT2D eigenvalue weighted by Gasteiger charge is 2.22. The Bertz CT molecular complexity index is 1310. The summed E-state index contributed by atoms with van der Waals surface area (Å²) in [6.45, 7) is 3.42. The van der Waals surface area contributed by atoms with E-state index in [-0.39, 0.29) is 27.4 Å². The molecule has 9 heteroatoms. The van der Waals surface area contributed by atoms with Gasteiger partial charge in [-0.25, -0.2) is 13.4 Å². The van der Waals surface area contributed by atoms with E-state index in [1.54, 1.807) is 18.3 Å². The van der Waals surface area contributed by atoms with Gasteiger partial charge in [0, 0.05) is 13.1 Å². The van der Waals surface area contributed by atoms with Crippen LogP contribution in [0, 0.1) is 6.92 Å². The van der Waals surface area contributed by atoms with Gasteiger partial charge in [-0.3, -0.25) is 9.52 Å². The molecular weight excluding hydrogens is 450 g/mol. The molecule has 2 aromatic carbocycles. The van der Waals surface area contributed by atoms with E-state index in [0.29, 0.717) is 11.4 Å². The number of hydrogen-bond donors (Lipinski definition) is 2. The van der Waals surface area contributed by atoms with Crippen molar-refractivity contribution < 1.29 is 17.9 Å².